The van der Waals surface area contributed by atoms with Gasteiger partial charge in [0.1, 0.15) is 6.04 Å². The Kier molecular flexibility index (Phi) is 4.21. The molecule has 5 nitrogen and oxygen atoms in total. The van der Waals surface area contributed by atoms with E-state index in [0.29, 0.717) is 24.2 Å². The van der Waals surface area contributed by atoms with Crippen LogP contribution in [0.25, 0.3) is 0 Å². The number of carbonyl (C=O) groups is 3. The average molecular weight is 286 g/mol. The highest BCUT2D eigenvalue weighted by Crippen LogP contribution is 2.25. The van der Waals surface area contributed by atoms with Crippen LogP contribution in [0.4, 0.5) is 0 Å². The quantitative estimate of drug-likeness (QED) is 0.611. The summed E-state index contributed by atoms with van der Waals surface area (Å²) in [7, 11) is 0. The van der Waals surface area contributed by atoms with Crippen molar-refractivity contribution in [3.8, 4) is 0 Å². The van der Waals surface area contributed by atoms with E-state index in [1.165, 1.54) is 0 Å². The van der Waals surface area contributed by atoms with Crippen LogP contribution in [0.5, 0.6) is 0 Å². The molecule has 1 atom stereocenters. The molecular weight excluding hydrogens is 268 g/mol. The molecule has 0 saturated heterocycles. The molecule has 0 bridgehead atoms. The van der Waals surface area contributed by atoms with Crippen LogP contribution in [-0.4, -0.2) is 46.7 Å². The van der Waals surface area contributed by atoms with E-state index >= 15 is 0 Å². The molecule has 0 saturated carbocycles. The number of nitrogens with zero attached hydrogens (tertiary/aromatic N) is 2. The second-order valence-electron chi connectivity index (χ2n) is 4.87. The zero-order valence-electron chi connectivity index (χ0n) is 12.2. The van der Waals surface area contributed by atoms with Crippen molar-refractivity contribution < 1.29 is 14.4 Å². The number of likely N-dealkylation sites (N-methyl/N-ethyl adjacent to an activating group) is 1. The molecule has 0 aliphatic carbocycles. The first kappa shape index (κ1) is 15.0. The third kappa shape index (κ3) is 2.46. The van der Waals surface area contributed by atoms with Gasteiger partial charge in [-0.25, -0.2) is 0 Å². The van der Waals surface area contributed by atoms with Gasteiger partial charge in [0, 0.05) is 13.1 Å². The van der Waals surface area contributed by atoms with Crippen molar-refractivity contribution in [3.05, 3.63) is 48.0 Å². The Labute approximate surface area is 123 Å². The van der Waals surface area contributed by atoms with Crippen LogP contribution in [-0.2, 0) is 4.79 Å². The zero-order chi connectivity index (χ0) is 15.6. The fraction of sp³-hybridized carbons (Fsp3) is 0.312. The Morgan fingerprint density at radius 1 is 1.29 bits per heavy atom. The van der Waals surface area contributed by atoms with Crippen LogP contribution < -0.4 is 0 Å². The number of hydrogen-bond acceptors (Lipinski definition) is 3. The summed E-state index contributed by atoms with van der Waals surface area (Å²) in [6.45, 7) is 7.92. The van der Waals surface area contributed by atoms with Crippen molar-refractivity contribution in [2.24, 2.45) is 0 Å². The van der Waals surface area contributed by atoms with Gasteiger partial charge in [-0.3, -0.25) is 19.3 Å². The second kappa shape index (κ2) is 5.91. The van der Waals surface area contributed by atoms with Gasteiger partial charge < -0.3 is 4.90 Å². The third-order valence-electron chi connectivity index (χ3n) is 3.61. The topological polar surface area (TPSA) is 57.7 Å². The van der Waals surface area contributed by atoms with E-state index in [1.807, 2.05) is 6.92 Å². The van der Waals surface area contributed by atoms with Crippen molar-refractivity contribution >= 4 is 17.7 Å². The normalized spacial score (nSPS) is 14.9. The molecule has 1 aliphatic rings. The molecule has 0 radical (unpaired) electrons. The Morgan fingerprint density at radius 3 is 2.24 bits per heavy atom. The Balaban J connectivity index is 2.27. The van der Waals surface area contributed by atoms with Crippen LogP contribution in [0.1, 0.15) is 34.6 Å². The molecule has 1 aromatic carbocycles. The summed E-state index contributed by atoms with van der Waals surface area (Å²) >= 11 is 0. The minimum Gasteiger partial charge on any atom is -0.337 e. The smallest absolute Gasteiger partial charge is 0.262 e. The summed E-state index contributed by atoms with van der Waals surface area (Å²) in [6.07, 6.45) is 1.62. The van der Waals surface area contributed by atoms with Crippen LogP contribution in [0, 0.1) is 0 Å². The number of fused-ring (bicyclic) bond motifs is 1. The molecular formula is C16H18N2O3. The monoisotopic (exact) mass is 286 g/mol. The first-order valence-electron chi connectivity index (χ1n) is 6.89. The lowest BCUT2D eigenvalue weighted by Crippen LogP contribution is -2.49. The standard InChI is InChI=1S/C16H18N2O3/c1-4-10-17(5-2)14(19)11(3)18-15(20)12-8-6-7-9-13(12)16(18)21/h4,6-9,11H,1,5,10H2,2-3H3. The summed E-state index contributed by atoms with van der Waals surface area (Å²) < 4.78 is 0. The van der Waals surface area contributed by atoms with Gasteiger partial charge >= 0.3 is 0 Å². The van der Waals surface area contributed by atoms with Gasteiger partial charge in [-0.2, -0.15) is 0 Å². The van der Waals surface area contributed by atoms with Crippen molar-refractivity contribution in [1.29, 1.82) is 0 Å². The lowest BCUT2D eigenvalue weighted by Gasteiger charge is -2.27. The molecule has 110 valence electrons. The predicted octanol–water partition coefficient (Wildman–Crippen LogP) is 1.71. The van der Waals surface area contributed by atoms with Crippen molar-refractivity contribution in [2.45, 2.75) is 19.9 Å². The average Bonchev–Trinajstić information content (AvgIpc) is 2.75. The Bertz CT molecular complexity index is 574. The van der Waals surface area contributed by atoms with Crippen LogP contribution in [0.3, 0.4) is 0 Å². The first-order chi connectivity index (χ1) is 10.0. The van der Waals surface area contributed by atoms with E-state index in [2.05, 4.69) is 6.58 Å². The van der Waals surface area contributed by atoms with E-state index in [1.54, 1.807) is 42.2 Å². The fourth-order valence-corrected chi connectivity index (χ4v) is 2.47. The zero-order valence-corrected chi connectivity index (χ0v) is 12.2. The van der Waals surface area contributed by atoms with E-state index in [0.717, 1.165) is 4.90 Å². The molecule has 2 rings (SSSR count). The largest absolute Gasteiger partial charge is 0.337 e. The highest BCUT2D eigenvalue weighted by molar-refractivity contribution is 6.22. The van der Waals surface area contributed by atoms with Crippen molar-refractivity contribution in [2.75, 3.05) is 13.1 Å². The molecule has 1 aromatic rings. The summed E-state index contributed by atoms with van der Waals surface area (Å²) in [4.78, 5) is 39.7. The fourth-order valence-electron chi connectivity index (χ4n) is 2.47. The van der Waals surface area contributed by atoms with E-state index in [-0.39, 0.29) is 5.91 Å². The van der Waals surface area contributed by atoms with E-state index < -0.39 is 17.9 Å². The Morgan fingerprint density at radius 2 is 1.81 bits per heavy atom. The highest BCUT2D eigenvalue weighted by Gasteiger charge is 2.41. The second-order valence-corrected chi connectivity index (χ2v) is 4.87. The maximum absolute atomic E-state index is 12.4. The number of rotatable bonds is 5. The molecule has 0 spiro atoms. The minimum atomic E-state index is -0.822. The number of carbonyl (C=O) groups excluding carboxylic acids is 3. The maximum atomic E-state index is 12.4. The minimum absolute atomic E-state index is 0.257. The van der Waals surface area contributed by atoms with Gasteiger partial charge in [-0.15, -0.1) is 6.58 Å². The predicted molar refractivity (Wildman–Crippen MR) is 78.9 cm³/mol. The van der Waals surface area contributed by atoms with Gasteiger partial charge in [0.2, 0.25) is 5.91 Å². The van der Waals surface area contributed by atoms with Crippen molar-refractivity contribution in [1.82, 2.24) is 9.80 Å². The lowest BCUT2D eigenvalue weighted by atomic mass is 10.1. The third-order valence-corrected chi connectivity index (χ3v) is 3.61. The van der Waals surface area contributed by atoms with E-state index in [9.17, 15) is 14.4 Å². The van der Waals surface area contributed by atoms with E-state index in [4.69, 9.17) is 0 Å². The van der Waals surface area contributed by atoms with Gasteiger partial charge in [0.25, 0.3) is 11.8 Å². The van der Waals surface area contributed by atoms with Crippen LogP contribution in [0.15, 0.2) is 36.9 Å². The molecule has 1 heterocycles. The molecule has 1 unspecified atom stereocenters. The number of benzene rings is 1. The van der Waals surface area contributed by atoms with Crippen molar-refractivity contribution in [3.63, 3.8) is 0 Å². The summed E-state index contributed by atoms with van der Waals surface area (Å²) in [5.74, 6) is -1.08. The summed E-state index contributed by atoms with van der Waals surface area (Å²) in [5, 5.41) is 0. The summed E-state index contributed by atoms with van der Waals surface area (Å²) in [5.41, 5.74) is 0.711. The van der Waals surface area contributed by atoms with Gasteiger partial charge in [-0.1, -0.05) is 18.2 Å². The van der Waals surface area contributed by atoms with Crippen LogP contribution >= 0.6 is 0 Å². The van der Waals surface area contributed by atoms with Gasteiger partial charge in [0.15, 0.2) is 0 Å². The number of hydrogen-bond donors (Lipinski definition) is 0. The lowest BCUT2D eigenvalue weighted by molar-refractivity contribution is -0.134. The van der Waals surface area contributed by atoms with Gasteiger partial charge in [0.05, 0.1) is 11.1 Å². The summed E-state index contributed by atoms with van der Waals surface area (Å²) in [6, 6.07) is 5.80. The maximum Gasteiger partial charge on any atom is 0.262 e. The first-order valence-corrected chi connectivity index (χ1v) is 6.89. The molecule has 5 heteroatoms. The molecule has 0 aromatic heterocycles. The Hall–Kier alpha value is -2.43. The number of imide groups is 1. The molecule has 3 amide bonds. The van der Waals surface area contributed by atoms with Crippen LogP contribution in [0.2, 0.25) is 0 Å². The molecule has 0 fully saturated rings. The molecule has 0 N–H and O–H groups in total. The molecule has 1 aliphatic heterocycles. The highest BCUT2D eigenvalue weighted by atomic mass is 16.2. The molecule has 21 heavy (non-hydrogen) atoms. The SMILES string of the molecule is C=CCN(CC)C(=O)C(C)N1C(=O)c2ccccc2C1=O. The van der Waals surface area contributed by atoms with Gasteiger partial charge in [-0.05, 0) is 26.0 Å². The number of amides is 3.